The van der Waals surface area contributed by atoms with E-state index >= 15 is 0 Å². The molecule has 1 rings (SSSR count). The van der Waals surface area contributed by atoms with Gasteiger partial charge in [-0.15, -0.1) is 0 Å². The molecule has 0 atom stereocenters. The maximum atomic E-state index is 8.58. The maximum absolute atomic E-state index is 8.58. The van der Waals surface area contributed by atoms with Crippen molar-refractivity contribution in [2.24, 2.45) is 0 Å². The number of benzene rings is 1. The van der Waals surface area contributed by atoms with Crippen LogP contribution in [-0.4, -0.2) is 17.2 Å². The first kappa shape index (κ1) is 13.8. The molecule has 1 aromatic rings. The minimum Gasteiger partial charge on any atom is -0.423 e. The molecule has 0 bridgehead atoms. The van der Waals surface area contributed by atoms with Gasteiger partial charge in [0.25, 0.3) is 0 Å². The van der Waals surface area contributed by atoms with Crippen LogP contribution in [0.4, 0.5) is 0 Å². The van der Waals surface area contributed by atoms with E-state index in [1.54, 1.807) is 24.3 Å². The van der Waals surface area contributed by atoms with Crippen LogP contribution in [0.25, 0.3) is 0 Å². The van der Waals surface area contributed by atoms with Crippen LogP contribution in [0.5, 0.6) is 0 Å². The quantitative estimate of drug-likeness (QED) is 0.614. The molecule has 1 aromatic carbocycles. The Labute approximate surface area is 75.0 Å². The second-order valence-corrected chi connectivity index (χ2v) is 1.78. The molecule has 0 aliphatic rings. The standard InChI is InChI=1S/C6H7BO2.C2H6.CH4/c8-7(9)6-4-2-1-3-5-6;1-2;/h1-5,8-9H;1-2H3;1H4. The van der Waals surface area contributed by atoms with Crippen molar-refractivity contribution in [2.75, 3.05) is 0 Å². The summed E-state index contributed by atoms with van der Waals surface area (Å²) in [6, 6.07) is 8.66. The van der Waals surface area contributed by atoms with Gasteiger partial charge < -0.3 is 10.0 Å². The van der Waals surface area contributed by atoms with Crippen molar-refractivity contribution in [1.82, 2.24) is 0 Å². The highest BCUT2D eigenvalue weighted by Gasteiger charge is 2.07. The number of hydrogen-bond donors (Lipinski definition) is 2. The van der Waals surface area contributed by atoms with E-state index in [0.29, 0.717) is 5.46 Å². The average molecular weight is 168 g/mol. The summed E-state index contributed by atoms with van der Waals surface area (Å²) in [4.78, 5) is 0. The summed E-state index contributed by atoms with van der Waals surface area (Å²) in [6.07, 6.45) is 0. The van der Waals surface area contributed by atoms with Crippen molar-refractivity contribution in [3.8, 4) is 0 Å². The number of rotatable bonds is 1. The predicted octanol–water partition coefficient (Wildman–Crippen LogP) is 1.03. The van der Waals surface area contributed by atoms with Crippen molar-refractivity contribution in [3.63, 3.8) is 0 Å². The van der Waals surface area contributed by atoms with Gasteiger partial charge in [0, 0.05) is 0 Å². The zero-order valence-corrected chi connectivity index (χ0v) is 6.86. The van der Waals surface area contributed by atoms with E-state index in [2.05, 4.69) is 0 Å². The van der Waals surface area contributed by atoms with Crippen LogP contribution in [0.1, 0.15) is 21.3 Å². The highest BCUT2D eigenvalue weighted by atomic mass is 16.4. The highest BCUT2D eigenvalue weighted by molar-refractivity contribution is 6.58. The smallest absolute Gasteiger partial charge is 0.423 e. The molecule has 0 radical (unpaired) electrons. The van der Waals surface area contributed by atoms with Gasteiger partial charge in [0.05, 0.1) is 0 Å². The number of hydrogen-bond acceptors (Lipinski definition) is 2. The maximum Gasteiger partial charge on any atom is 0.488 e. The Morgan fingerprint density at radius 1 is 1.00 bits per heavy atom. The van der Waals surface area contributed by atoms with Crippen molar-refractivity contribution in [3.05, 3.63) is 30.3 Å². The van der Waals surface area contributed by atoms with Gasteiger partial charge in [0.2, 0.25) is 0 Å². The lowest BCUT2D eigenvalue weighted by Gasteiger charge is -1.94. The van der Waals surface area contributed by atoms with Gasteiger partial charge in [-0.05, 0) is 5.46 Å². The molecule has 0 aliphatic carbocycles. The third kappa shape index (κ3) is 4.94. The fourth-order valence-electron chi connectivity index (χ4n) is 0.625. The topological polar surface area (TPSA) is 40.5 Å². The van der Waals surface area contributed by atoms with Crippen LogP contribution in [0.3, 0.4) is 0 Å². The van der Waals surface area contributed by atoms with E-state index in [1.807, 2.05) is 19.9 Å². The molecule has 2 N–H and O–H groups in total. The first-order valence-corrected chi connectivity index (χ1v) is 3.72. The third-order valence-electron chi connectivity index (χ3n) is 1.10. The predicted molar refractivity (Wildman–Crippen MR) is 54.3 cm³/mol. The molecule has 0 aliphatic heterocycles. The Kier molecular flexibility index (Phi) is 9.53. The van der Waals surface area contributed by atoms with Crippen LogP contribution in [0.15, 0.2) is 30.3 Å². The molecule has 0 aromatic heterocycles. The zero-order chi connectivity index (χ0) is 8.69. The van der Waals surface area contributed by atoms with Gasteiger partial charge in [-0.1, -0.05) is 51.6 Å². The van der Waals surface area contributed by atoms with Crippen LogP contribution in [0, 0.1) is 0 Å². The summed E-state index contributed by atoms with van der Waals surface area (Å²) in [7, 11) is -1.34. The van der Waals surface area contributed by atoms with Crippen molar-refractivity contribution in [1.29, 1.82) is 0 Å². The molecule has 0 spiro atoms. The van der Waals surface area contributed by atoms with Crippen LogP contribution < -0.4 is 5.46 Å². The molecule has 3 heteroatoms. The Balaban J connectivity index is 0. The van der Waals surface area contributed by atoms with Crippen LogP contribution >= 0.6 is 0 Å². The molecule has 0 saturated heterocycles. The summed E-state index contributed by atoms with van der Waals surface area (Å²) in [5, 5.41) is 17.2. The van der Waals surface area contributed by atoms with Gasteiger partial charge in [0.15, 0.2) is 0 Å². The lowest BCUT2D eigenvalue weighted by molar-refractivity contribution is 0.426. The van der Waals surface area contributed by atoms with Gasteiger partial charge in [-0.25, -0.2) is 0 Å². The Bertz CT molecular complexity index is 175. The van der Waals surface area contributed by atoms with Crippen molar-refractivity contribution >= 4 is 12.6 Å². The summed E-state index contributed by atoms with van der Waals surface area (Å²) in [5.74, 6) is 0. The van der Waals surface area contributed by atoms with E-state index in [1.165, 1.54) is 0 Å². The average Bonchev–Trinajstić information content (AvgIpc) is 2.10. The van der Waals surface area contributed by atoms with Gasteiger partial charge >= 0.3 is 7.12 Å². The molecule has 0 saturated carbocycles. The van der Waals surface area contributed by atoms with Gasteiger partial charge in [-0.2, -0.15) is 0 Å². The fraction of sp³-hybridized carbons (Fsp3) is 0.333. The van der Waals surface area contributed by atoms with Gasteiger partial charge in [-0.3, -0.25) is 0 Å². The molecule has 12 heavy (non-hydrogen) atoms. The molecule has 0 unspecified atom stereocenters. The monoisotopic (exact) mass is 168 g/mol. The summed E-state index contributed by atoms with van der Waals surface area (Å²) in [6.45, 7) is 4.00. The first-order chi connectivity index (χ1) is 5.30. The minimum absolute atomic E-state index is 0. The first-order valence-electron chi connectivity index (χ1n) is 3.72. The minimum atomic E-state index is -1.34. The SMILES string of the molecule is C.CC.OB(O)c1ccccc1. The normalized spacial score (nSPS) is 7.33. The second-order valence-electron chi connectivity index (χ2n) is 1.78. The van der Waals surface area contributed by atoms with E-state index in [9.17, 15) is 0 Å². The molecule has 0 heterocycles. The highest BCUT2D eigenvalue weighted by Crippen LogP contribution is 1.82. The Morgan fingerprint density at radius 2 is 1.42 bits per heavy atom. The van der Waals surface area contributed by atoms with E-state index in [4.69, 9.17) is 10.0 Å². The molecule has 68 valence electrons. The van der Waals surface area contributed by atoms with Crippen molar-refractivity contribution < 1.29 is 10.0 Å². The second kappa shape index (κ2) is 8.30. The zero-order valence-electron chi connectivity index (χ0n) is 6.86. The van der Waals surface area contributed by atoms with Crippen molar-refractivity contribution in [2.45, 2.75) is 21.3 Å². The van der Waals surface area contributed by atoms with E-state index < -0.39 is 7.12 Å². The van der Waals surface area contributed by atoms with E-state index in [-0.39, 0.29) is 7.43 Å². The third-order valence-corrected chi connectivity index (χ3v) is 1.10. The fourth-order valence-corrected chi connectivity index (χ4v) is 0.625. The Hall–Kier alpha value is -0.795. The lowest BCUT2D eigenvalue weighted by atomic mass is 9.81. The molecular weight excluding hydrogens is 151 g/mol. The summed E-state index contributed by atoms with van der Waals surface area (Å²) < 4.78 is 0. The van der Waals surface area contributed by atoms with Gasteiger partial charge in [0.1, 0.15) is 0 Å². The Morgan fingerprint density at radius 3 is 1.67 bits per heavy atom. The molecule has 0 amide bonds. The molecule has 0 fully saturated rings. The molecular formula is C9H17BO2. The molecule has 2 nitrogen and oxygen atoms in total. The lowest BCUT2D eigenvalue weighted by Crippen LogP contribution is -2.29. The summed E-state index contributed by atoms with van der Waals surface area (Å²) >= 11 is 0. The summed E-state index contributed by atoms with van der Waals surface area (Å²) in [5.41, 5.74) is 0.525. The van der Waals surface area contributed by atoms with Crippen LogP contribution in [0.2, 0.25) is 0 Å². The largest absolute Gasteiger partial charge is 0.488 e. The van der Waals surface area contributed by atoms with E-state index in [0.717, 1.165) is 0 Å². The van der Waals surface area contributed by atoms with Crippen LogP contribution in [-0.2, 0) is 0 Å².